The van der Waals surface area contributed by atoms with Crippen molar-refractivity contribution in [3.05, 3.63) is 59.2 Å². The topological polar surface area (TPSA) is 44.8 Å². The number of hydrogen-bond acceptors (Lipinski definition) is 4. The molecule has 0 fully saturated rings. The average molecular weight is 355 g/mol. The molecular weight excluding hydrogens is 326 g/mol. The molecule has 0 aliphatic heterocycles. The van der Waals surface area contributed by atoms with Crippen LogP contribution in [0.4, 0.5) is 5.69 Å². The first-order valence-corrected chi connectivity index (χ1v) is 8.74. The molecule has 140 valence electrons. The van der Waals surface area contributed by atoms with Crippen molar-refractivity contribution in [2.24, 2.45) is 0 Å². The Labute approximate surface area is 156 Å². The molecule has 5 nitrogen and oxygen atoms in total. The molecule has 2 aromatic rings. The fourth-order valence-corrected chi connectivity index (χ4v) is 2.79. The number of methoxy groups -OCH3 is 1. The number of benzene rings is 2. The quantitative estimate of drug-likeness (QED) is 0.791. The van der Waals surface area contributed by atoms with E-state index < -0.39 is 0 Å². The molecule has 0 saturated carbocycles. The Morgan fingerprint density at radius 1 is 1.08 bits per heavy atom. The summed E-state index contributed by atoms with van der Waals surface area (Å²) in [5, 5.41) is 2.98. The lowest BCUT2D eigenvalue weighted by atomic mass is 10.1. The van der Waals surface area contributed by atoms with Crippen LogP contribution in [-0.2, 0) is 17.9 Å². The molecule has 1 N–H and O–H groups in total. The van der Waals surface area contributed by atoms with Crippen molar-refractivity contribution in [1.82, 2.24) is 10.2 Å². The molecule has 0 aliphatic rings. The van der Waals surface area contributed by atoms with Crippen LogP contribution in [0.15, 0.2) is 42.5 Å². The Morgan fingerprint density at radius 3 is 2.38 bits per heavy atom. The highest BCUT2D eigenvalue weighted by Gasteiger charge is 2.10. The smallest absolute Gasteiger partial charge is 0.234 e. The minimum atomic E-state index is 0.0100. The van der Waals surface area contributed by atoms with Gasteiger partial charge in [0.2, 0.25) is 5.91 Å². The highest BCUT2D eigenvalue weighted by molar-refractivity contribution is 5.78. The average Bonchev–Trinajstić information content (AvgIpc) is 2.60. The molecular formula is C21H29N3O2. The van der Waals surface area contributed by atoms with E-state index in [1.807, 2.05) is 50.3 Å². The first-order chi connectivity index (χ1) is 12.4. The lowest BCUT2D eigenvalue weighted by Gasteiger charge is -2.18. The van der Waals surface area contributed by atoms with Gasteiger partial charge < -0.3 is 15.0 Å². The van der Waals surface area contributed by atoms with Crippen LogP contribution in [0, 0.1) is 6.92 Å². The van der Waals surface area contributed by atoms with E-state index in [9.17, 15) is 4.79 Å². The molecule has 5 heteroatoms. The molecule has 0 spiro atoms. The molecule has 0 atom stereocenters. The number of rotatable bonds is 8. The number of hydrogen-bond donors (Lipinski definition) is 1. The Kier molecular flexibility index (Phi) is 7.04. The Balaban J connectivity index is 1.84. The van der Waals surface area contributed by atoms with Gasteiger partial charge in [0.05, 0.1) is 13.7 Å². The zero-order valence-corrected chi connectivity index (χ0v) is 16.4. The number of carbonyl (C=O) groups is 1. The summed E-state index contributed by atoms with van der Waals surface area (Å²) in [6.45, 7) is 3.59. The minimum absolute atomic E-state index is 0.0100. The summed E-state index contributed by atoms with van der Waals surface area (Å²) in [7, 11) is 7.63. The van der Waals surface area contributed by atoms with E-state index in [4.69, 9.17) is 4.74 Å². The summed E-state index contributed by atoms with van der Waals surface area (Å²) < 4.78 is 5.41. The Morgan fingerprint density at radius 2 is 1.77 bits per heavy atom. The predicted molar refractivity (Wildman–Crippen MR) is 107 cm³/mol. The number of carbonyl (C=O) groups excluding carboxylic acids is 1. The highest BCUT2D eigenvalue weighted by Crippen LogP contribution is 2.20. The normalized spacial score (nSPS) is 10.7. The second-order valence-corrected chi connectivity index (χ2v) is 6.83. The van der Waals surface area contributed by atoms with Crippen molar-refractivity contribution in [1.29, 1.82) is 0 Å². The minimum Gasteiger partial charge on any atom is -0.496 e. The van der Waals surface area contributed by atoms with E-state index >= 15 is 0 Å². The molecule has 0 heterocycles. The summed E-state index contributed by atoms with van der Waals surface area (Å²) in [6, 6.07) is 14.3. The largest absolute Gasteiger partial charge is 0.496 e. The zero-order chi connectivity index (χ0) is 19.1. The number of aryl methyl sites for hydroxylation is 1. The van der Waals surface area contributed by atoms with Crippen LogP contribution >= 0.6 is 0 Å². The van der Waals surface area contributed by atoms with Crippen molar-refractivity contribution >= 4 is 11.6 Å². The van der Waals surface area contributed by atoms with Gasteiger partial charge in [0.1, 0.15) is 5.75 Å². The maximum absolute atomic E-state index is 12.2. The number of nitrogens with zero attached hydrogens (tertiary/aromatic N) is 2. The Hall–Kier alpha value is -2.53. The second-order valence-electron chi connectivity index (χ2n) is 6.83. The number of nitrogens with one attached hydrogen (secondary N) is 1. The van der Waals surface area contributed by atoms with Gasteiger partial charge >= 0.3 is 0 Å². The van der Waals surface area contributed by atoms with Crippen molar-refractivity contribution in [3.8, 4) is 5.75 Å². The van der Waals surface area contributed by atoms with E-state index in [0.717, 1.165) is 22.6 Å². The van der Waals surface area contributed by atoms with Gasteiger partial charge in [-0.05, 0) is 37.7 Å². The van der Waals surface area contributed by atoms with Crippen molar-refractivity contribution in [2.45, 2.75) is 20.0 Å². The van der Waals surface area contributed by atoms with E-state index in [1.165, 1.54) is 5.56 Å². The summed E-state index contributed by atoms with van der Waals surface area (Å²) in [4.78, 5) is 16.3. The highest BCUT2D eigenvalue weighted by atomic mass is 16.5. The predicted octanol–water partition coefficient (Wildman–Crippen LogP) is 2.82. The van der Waals surface area contributed by atoms with Crippen LogP contribution in [0.1, 0.15) is 16.7 Å². The first-order valence-electron chi connectivity index (χ1n) is 8.74. The van der Waals surface area contributed by atoms with Crippen LogP contribution in [0.2, 0.25) is 0 Å². The van der Waals surface area contributed by atoms with Gasteiger partial charge in [-0.1, -0.05) is 29.8 Å². The third-order valence-electron chi connectivity index (χ3n) is 4.23. The number of amides is 1. The van der Waals surface area contributed by atoms with Gasteiger partial charge in [-0.25, -0.2) is 0 Å². The molecule has 0 bridgehead atoms. The zero-order valence-electron chi connectivity index (χ0n) is 16.4. The van der Waals surface area contributed by atoms with E-state index in [-0.39, 0.29) is 5.91 Å². The lowest BCUT2D eigenvalue weighted by Crippen LogP contribution is -2.34. The maximum atomic E-state index is 12.2. The van der Waals surface area contributed by atoms with Crippen LogP contribution in [-0.4, -0.2) is 45.6 Å². The van der Waals surface area contributed by atoms with Gasteiger partial charge in [0, 0.05) is 38.4 Å². The molecule has 2 rings (SSSR count). The molecule has 2 aromatic carbocycles. The van der Waals surface area contributed by atoms with Gasteiger partial charge in [-0.2, -0.15) is 0 Å². The number of ether oxygens (including phenoxy) is 1. The molecule has 0 aromatic heterocycles. The first kappa shape index (κ1) is 19.8. The standard InChI is InChI=1S/C21H29N3O2/c1-16-6-11-20(26-5)18(12-16)14-24(4)15-21(25)22-13-17-7-9-19(10-8-17)23(2)3/h6-12H,13-15H2,1-5H3,(H,22,25). The third kappa shape index (κ3) is 5.77. The maximum Gasteiger partial charge on any atom is 0.234 e. The van der Waals surface area contributed by atoms with Gasteiger partial charge in [0.15, 0.2) is 0 Å². The van der Waals surface area contributed by atoms with Crippen LogP contribution in [0.3, 0.4) is 0 Å². The SMILES string of the molecule is COc1ccc(C)cc1CN(C)CC(=O)NCc1ccc(N(C)C)cc1. The van der Waals surface area contributed by atoms with Crippen molar-refractivity contribution in [3.63, 3.8) is 0 Å². The van der Waals surface area contributed by atoms with E-state index in [1.54, 1.807) is 7.11 Å². The van der Waals surface area contributed by atoms with Crippen molar-refractivity contribution < 1.29 is 9.53 Å². The summed E-state index contributed by atoms with van der Waals surface area (Å²) >= 11 is 0. The molecule has 1 amide bonds. The summed E-state index contributed by atoms with van der Waals surface area (Å²) in [6.07, 6.45) is 0. The van der Waals surface area contributed by atoms with E-state index in [2.05, 4.69) is 35.3 Å². The molecule has 0 saturated heterocycles. The summed E-state index contributed by atoms with van der Waals surface area (Å²) in [5.41, 5.74) is 4.50. The van der Waals surface area contributed by atoms with Crippen LogP contribution < -0.4 is 15.0 Å². The van der Waals surface area contributed by atoms with Gasteiger partial charge in [0.25, 0.3) is 0 Å². The van der Waals surface area contributed by atoms with Gasteiger partial charge in [-0.3, -0.25) is 9.69 Å². The molecule has 26 heavy (non-hydrogen) atoms. The molecule has 0 radical (unpaired) electrons. The van der Waals surface area contributed by atoms with Gasteiger partial charge in [-0.15, -0.1) is 0 Å². The van der Waals surface area contributed by atoms with Crippen LogP contribution in [0.25, 0.3) is 0 Å². The molecule has 0 unspecified atom stereocenters. The lowest BCUT2D eigenvalue weighted by molar-refractivity contribution is -0.122. The Bertz CT molecular complexity index is 727. The second kappa shape index (κ2) is 9.25. The van der Waals surface area contributed by atoms with E-state index in [0.29, 0.717) is 19.6 Å². The number of anilines is 1. The fourth-order valence-electron chi connectivity index (χ4n) is 2.79. The summed E-state index contributed by atoms with van der Waals surface area (Å²) in [5.74, 6) is 0.861. The fraction of sp³-hybridized carbons (Fsp3) is 0.381. The van der Waals surface area contributed by atoms with Crippen LogP contribution in [0.5, 0.6) is 5.75 Å². The van der Waals surface area contributed by atoms with Crippen molar-refractivity contribution in [2.75, 3.05) is 39.7 Å². The molecule has 0 aliphatic carbocycles. The monoisotopic (exact) mass is 355 g/mol. The number of likely N-dealkylation sites (N-methyl/N-ethyl adjacent to an activating group) is 1. The third-order valence-corrected chi connectivity index (χ3v) is 4.23.